The minimum atomic E-state index is -4.69. The molecule has 2 aromatic carbocycles. The van der Waals surface area contributed by atoms with Crippen LogP contribution < -0.4 is 10.2 Å². The molecular formula is C29H30F5N5O2. The number of alkyl halides is 5. The third kappa shape index (κ3) is 4.70. The number of fused-ring (bicyclic) bond motifs is 1. The first-order valence-corrected chi connectivity index (χ1v) is 13.4. The summed E-state index contributed by atoms with van der Waals surface area (Å²) < 4.78 is 76.8. The van der Waals surface area contributed by atoms with E-state index in [-0.39, 0.29) is 48.7 Å². The second-order valence-corrected chi connectivity index (χ2v) is 11.8. The summed E-state index contributed by atoms with van der Waals surface area (Å²) in [5, 5.41) is 11.3. The van der Waals surface area contributed by atoms with Crippen molar-refractivity contribution < 1.29 is 31.5 Å². The van der Waals surface area contributed by atoms with Crippen LogP contribution in [0.2, 0.25) is 0 Å². The number of amides is 1. The number of aromatic nitrogens is 3. The number of benzene rings is 2. The Morgan fingerprint density at radius 1 is 1.15 bits per heavy atom. The number of carbonyl (C=O) groups excluding carboxylic acids is 1. The van der Waals surface area contributed by atoms with Gasteiger partial charge in [0.25, 0.3) is 11.8 Å². The van der Waals surface area contributed by atoms with Gasteiger partial charge in [0.1, 0.15) is 12.2 Å². The maximum atomic E-state index is 14.2. The molecule has 0 unspecified atom stereocenters. The Bertz CT molecular complexity index is 1500. The highest BCUT2D eigenvalue weighted by molar-refractivity contribution is 6.10. The molecule has 3 aliphatic rings. The van der Waals surface area contributed by atoms with Crippen molar-refractivity contribution in [3.8, 4) is 0 Å². The van der Waals surface area contributed by atoms with Gasteiger partial charge >= 0.3 is 6.18 Å². The van der Waals surface area contributed by atoms with E-state index in [1.165, 1.54) is 11.0 Å². The molecule has 1 N–H and O–H groups in total. The topological polar surface area (TPSA) is 72.3 Å². The molecule has 0 radical (unpaired) electrons. The molecule has 0 bridgehead atoms. The van der Waals surface area contributed by atoms with E-state index in [1.54, 1.807) is 32.5 Å². The van der Waals surface area contributed by atoms with Gasteiger partial charge < -0.3 is 19.5 Å². The third-order valence-corrected chi connectivity index (χ3v) is 8.76. The molecule has 12 heteroatoms. The first-order valence-electron chi connectivity index (χ1n) is 13.4. The van der Waals surface area contributed by atoms with Crippen molar-refractivity contribution in [3.63, 3.8) is 0 Å². The number of nitrogens with one attached hydrogen (secondary N) is 1. The Morgan fingerprint density at radius 3 is 2.49 bits per heavy atom. The number of aryl methyl sites for hydroxylation is 1. The summed E-state index contributed by atoms with van der Waals surface area (Å²) in [4.78, 5) is 15.0. The number of hydrogen-bond acceptors (Lipinski definition) is 5. The lowest BCUT2D eigenvalue weighted by Gasteiger charge is -2.46. The first-order chi connectivity index (χ1) is 19.2. The largest absolute Gasteiger partial charge is 0.416 e. The van der Waals surface area contributed by atoms with Gasteiger partial charge in [0, 0.05) is 50.3 Å². The van der Waals surface area contributed by atoms with E-state index in [4.69, 9.17) is 4.74 Å². The summed E-state index contributed by atoms with van der Waals surface area (Å²) in [5.41, 5.74) is -0.834. The van der Waals surface area contributed by atoms with Crippen LogP contribution in [0.25, 0.3) is 0 Å². The van der Waals surface area contributed by atoms with E-state index < -0.39 is 34.5 Å². The Morgan fingerprint density at radius 2 is 1.88 bits per heavy atom. The van der Waals surface area contributed by atoms with Crippen LogP contribution in [0.15, 0.2) is 42.7 Å². The summed E-state index contributed by atoms with van der Waals surface area (Å²) in [6.07, 6.45) is -2.54. The number of ether oxygens (including phenoxy) is 1. The van der Waals surface area contributed by atoms with Crippen molar-refractivity contribution in [1.82, 2.24) is 20.1 Å². The van der Waals surface area contributed by atoms with Gasteiger partial charge in [0.2, 0.25) is 0 Å². The highest BCUT2D eigenvalue weighted by Gasteiger charge is 2.53. The zero-order valence-electron chi connectivity index (χ0n) is 22.9. The molecule has 0 saturated heterocycles. The molecule has 41 heavy (non-hydrogen) atoms. The zero-order valence-corrected chi connectivity index (χ0v) is 22.9. The van der Waals surface area contributed by atoms with Gasteiger partial charge in [-0.3, -0.25) is 4.79 Å². The van der Waals surface area contributed by atoms with Crippen molar-refractivity contribution in [1.29, 1.82) is 0 Å². The Kier molecular flexibility index (Phi) is 6.31. The number of nitrogens with zero attached hydrogens (tertiary/aromatic N) is 4. The molecule has 1 amide bonds. The standard InChI is InChI=1S/C29H30F5N5O2/c1-26(14-28(30,31)15-26)35-12-17-7-21-22(23(8-17)29(32,33)34)13-39(24(21)40)19-6-4-5-18(9-19)27(10-20(11-27)41-3)25-37-36-16-38(25)2/h4-9,16,20,35H,10-15H2,1-3H3/t20-,27-. The monoisotopic (exact) mass is 575 g/mol. The van der Waals surface area contributed by atoms with E-state index in [9.17, 15) is 26.7 Å². The Hall–Kier alpha value is -3.38. The fraction of sp³-hybridized carbons (Fsp3) is 0.483. The molecule has 3 aromatic rings. The van der Waals surface area contributed by atoms with Crippen molar-refractivity contribution in [2.75, 3.05) is 12.0 Å². The number of carbonyl (C=O) groups is 1. The molecule has 0 spiro atoms. The lowest BCUT2D eigenvalue weighted by molar-refractivity contribution is -0.138. The van der Waals surface area contributed by atoms with Crippen molar-refractivity contribution in [2.24, 2.45) is 7.05 Å². The van der Waals surface area contributed by atoms with Crippen LogP contribution in [0.1, 0.15) is 71.0 Å². The minimum Gasteiger partial charge on any atom is -0.381 e. The molecule has 218 valence electrons. The molecule has 6 rings (SSSR count). The van der Waals surface area contributed by atoms with Gasteiger partial charge in [-0.1, -0.05) is 12.1 Å². The number of hydrogen-bond donors (Lipinski definition) is 1. The van der Waals surface area contributed by atoms with E-state index in [0.29, 0.717) is 18.5 Å². The highest BCUT2D eigenvalue weighted by Crippen LogP contribution is 2.50. The predicted octanol–water partition coefficient (Wildman–Crippen LogP) is 5.37. The lowest BCUT2D eigenvalue weighted by atomic mass is 9.62. The third-order valence-electron chi connectivity index (χ3n) is 8.76. The van der Waals surface area contributed by atoms with Gasteiger partial charge in [0.05, 0.1) is 23.6 Å². The van der Waals surface area contributed by atoms with Gasteiger partial charge in [-0.2, -0.15) is 13.2 Å². The average Bonchev–Trinajstić information content (AvgIpc) is 3.44. The van der Waals surface area contributed by atoms with Crippen molar-refractivity contribution in [2.45, 2.75) is 74.9 Å². The number of methoxy groups -OCH3 is 1. The molecule has 2 heterocycles. The number of anilines is 1. The highest BCUT2D eigenvalue weighted by atomic mass is 19.4. The van der Waals surface area contributed by atoms with Gasteiger partial charge in [0.15, 0.2) is 0 Å². The van der Waals surface area contributed by atoms with Crippen LogP contribution >= 0.6 is 0 Å². The summed E-state index contributed by atoms with van der Waals surface area (Å²) >= 11 is 0. The van der Waals surface area contributed by atoms with Crippen molar-refractivity contribution in [3.05, 3.63) is 76.4 Å². The summed E-state index contributed by atoms with van der Waals surface area (Å²) in [6.45, 7) is 1.32. The predicted molar refractivity (Wildman–Crippen MR) is 140 cm³/mol. The summed E-state index contributed by atoms with van der Waals surface area (Å²) in [7, 11) is 3.50. The normalized spacial score (nSPS) is 24.6. The van der Waals surface area contributed by atoms with Crippen LogP contribution in [0, 0.1) is 0 Å². The lowest BCUT2D eigenvalue weighted by Crippen LogP contribution is -2.58. The van der Waals surface area contributed by atoms with Crippen LogP contribution in [0.4, 0.5) is 27.6 Å². The Labute approximate surface area is 233 Å². The quantitative estimate of drug-likeness (QED) is 0.384. The molecule has 7 nitrogen and oxygen atoms in total. The summed E-state index contributed by atoms with van der Waals surface area (Å²) in [6, 6.07) is 9.71. The Balaban J connectivity index is 1.31. The van der Waals surface area contributed by atoms with Gasteiger partial charge in [-0.15, -0.1) is 10.2 Å². The molecule has 1 aliphatic heterocycles. The van der Waals surface area contributed by atoms with E-state index in [1.807, 2.05) is 23.7 Å². The average molecular weight is 576 g/mol. The molecule has 2 aliphatic carbocycles. The van der Waals surface area contributed by atoms with E-state index in [2.05, 4.69) is 15.5 Å². The van der Waals surface area contributed by atoms with E-state index in [0.717, 1.165) is 17.5 Å². The minimum absolute atomic E-state index is 0.0165. The molecule has 2 saturated carbocycles. The van der Waals surface area contributed by atoms with E-state index >= 15 is 0 Å². The van der Waals surface area contributed by atoms with Gasteiger partial charge in [-0.05, 0) is 60.7 Å². The second kappa shape index (κ2) is 9.32. The molecule has 1 aromatic heterocycles. The maximum Gasteiger partial charge on any atom is 0.416 e. The van der Waals surface area contributed by atoms with Crippen molar-refractivity contribution >= 4 is 11.6 Å². The number of halogens is 5. The first kappa shape index (κ1) is 27.8. The smallest absolute Gasteiger partial charge is 0.381 e. The van der Waals surface area contributed by atoms with Crippen LogP contribution in [-0.2, 0) is 36.5 Å². The second-order valence-electron chi connectivity index (χ2n) is 11.8. The van der Waals surface area contributed by atoms with Crippen LogP contribution in [-0.4, -0.2) is 45.3 Å². The van der Waals surface area contributed by atoms with Crippen LogP contribution in [0.3, 0.4) is 0 Å². The SMILES string of the molecule is CO[C@H]1C[C@](c2cccc(N3Cc4c(cc(CNC5(C)CC(F)(F)C5)cc4C(F)(F)F)C3=O)c2)(c2nncn2C)C1. The fourth-order valence-electron chi connectivity index (χ4n) is 6.68. The molecule has 0 atom stereocenters. The zero-order chi connectivity index (χ0) is 29.4. The van der Waals surface area contributed by atoms with Crippen LogP contribution in [0.5, 0.6) is 0 Å². The van der Waals surface area contributed by atoms with Gasteiger partial charge in [-0.25, -0.2) is 8.78 Å². The fourth-order valence-corrected chi connectivity index (χ4v) is 6.68. The summed E-state index contributed by atoms with van der Waals surface area (Å²) in [5.74, 6) is -2.58. The molecular weight excluding hydrogens is 545 g/mol. The maximum absolute atomic E-state index is 14.2. The molecule has 2 fully saturated rings. The number of rotatable bonds is 7.